The predicted molar refractivity (Wildman–Crippen MR) is 81.1 cm³/mol. The lowest BCUT2D eigenvalue weighted by atomic mass is 10.1. The Morgan fingerprint density at radius 1 is 1.23 bits per heavy atom. The molecule has 2 atom stereocenters. The van der Waals surface area contributed by atoms with E-state index in [9.17, 15) is 18.0 Å². The molecule has 0 heterocycles. The topological polar surface area (TPSA) is 113 Å². The summed E-state index contributed by atoms with van der Waals surface area (Å²) in [5.74, 6) is -1.70. The van der Waals surface area contributed by atoms with Crippen LogP contribution in [0.2, 0.25) is 0 Å². The molecule has 0 aliphatic heterocycles. The van der Waals surface area contributed by atoms with E-state index >= 15 is 0 Å². The van der Waals surface area contributed by atoms with E-state index in [4.69, 9.17) is 5.11 Å². The third kappa shape index (κ3) is 4.20. The van der Waals surface area contributed by atoms with Crippen molar-refractivity contribution in [2.24, 2.45) is 5.92 Å². The van der Waals surface area contributed by atoms with E-state index in [0.717, 1.165) is 6.26 Å². The number of carbonyl (C=O) groups is 2. The van der Waals surface area contributed by atoms with E-state index in [-0.39, 0.29) is 17.3 Å². The summed E-state index contributed by atoms with van der Waals surface area (Å²) in [7, 11) is -3.49. The minimum Gasteiger partial charge on any atom is -0.481 e. The van der Waals surface area contributed by atoms with Crippen LogP contribution in [0.25, 0.3) is 0 Å². The second-order valence-corrected chi connectivity index (χ2v) is 7.19. The molecule has 0 radical (unpaired) electrons. The van der Waals surface area contributed by atoms with E-state index in [0.29, 0.717) is 19.3 Å². The van der Waals surface area contributed by atoms with Crippen LogP contribution in [0.5, 0.6) is 0 Å². The normalized spacial score (nSPS) is 21.3. The number of rotatable bonds is 5. The smallest absolute Gasteiger partial charge is 0.306 e. The SMILES string of the molecule is CS(=O)(=O)Nc1ccccc1C(=O)N[C@H]1CC[C@@H](C(=O)O)C1. The molecule has 2 rings (SSSR count). The fraction of sp³-hybridized carbons (Fsp3) is 0.429. The zero-order valence-corrected chi connectivity index (χ0v) is 12.9. The Hall–Kier alpha value is -2.09. The predicted octanol–water partition coefficient (Wildman–Crippen LogP) is 1.04. The number of anilines is 1. The Kier molecular flexibility index (Phi) is 4.70. The molecule has 22 heavy (non-hydrogen) atoms. The van der Waals surface area contributed by atoms with Gasteiger partial charge in [0.05, 0.1) is 23.4 Å². The van der Waals surface area contributed by atoms with Crippen molar-refractivity contribution in [2.75, 3.05) is 11.0 Å². The number of carboxylic acids is 1. The number of para-hydroxylation sites is 1. The molecule has 0 saturated heterocycles. The Morgan fingerprint density at radius 2 is 1.91 bits per heavy atom. The molecule has 1 amide bonds. The van der Waals surface area contributed by atoms with Crippen molar-refractivity contribution in [3.63, 3.8) is 0 Å². The van der Waals surface area contributed by atoms with Crippen molar-refractivity contribution in [3.05, 3.63) is 29.8 Å². The van der Waals surface area contributed by atoms with Crippen molar-refractivity contribution in [1.82, 2.24) is 5.32 Å². The summed E-state index contributed by atoms with van der Waals surface area (Å²) in [6.45, 7) is 0. The summed E-state index contributed by atoms with van der Waals surface area (Å²) in [5.41, 5.74) is 0.419. The lowest BCUT2D eigenvalue weighted by Crippen LogP contribution is -2.34. The van der Waals surface area contributed by atoms with Gasteiger partial charge in [0.1, 0.15) is 0 Å². The summed E-state index contributed by atoms with van der Waals surface area (Å²) in [5, 5.41) is 11.7. The summed E-state index contributed by atoms with van der Waals surface area (Å²) < 4.78 is 25.0. The quantitative estimate of drug-likeness (QED) is 0.748. The van der Waals surface area contributed by atoms with E-state index in [1.807, 2.05) is 0 Å². The first-order chi connectivity index (χ1) is 10.3. The average Bonchev–Trinajstić information content (AvgIpc) is 2.86. The molecule has 0 unspecified atom stereocenters. The highest BCUT2D eigenvalue weighted by atomic mass is 32.2. The molecule has 1 aromatic carbocycles. The summed E-state index contributed by atoms with van der Waals surface area (Å²) in [6.07, 6.45) is 2.53. The zero-order chi connectivity index (χ0) is 16.3. The molecule has 1 aromatic rings. The summed E-state index contributed by atoms with van der Waals surface area (Å²) in [6, 6.07) is 6.08. The second-order valence-electron chi connectivity index (χ2n) is 5.44. The third-order valence-corrected chi connectivity index (χ3v) is 4.17. The van der Waals surface area contributed by atoms with Gasteiger partial charge in [-0.15, -0.1) is 0 Å². The molecule has 1 fully saturated rings. The third-order valence-electron chi connectivity index (χ3n) is 3.58. The number of carboxylic acid groups (broad SMARTS) is 1. The minimum absolute atomic E-state index is 0.204. The van der Waals surface area contributed by atoms with E-state index in [1.54, 1.807) is 12.1 Å². The maximum Gasteiger partial charge on any atom is 0.306 e. The number of hydrogen-bond donors (Lipinski definition) is 3. The molecule has 0 aromatic heterocycles. The maximum atomic E-state index is 12.3. The minimum atomic E-state index is -3.49. The molecule has 0 spiro atoms. The van der Waals surface area contributed by atoms with Crippen molar-refractivity contribution in [1.29, 1.82) is 0 Å². The Bertz CT molecular complexity index is 686. The van der Waals surface area contributed by atoms with Gasteiger partial charge in [0.2, 0.25) is 10.0 Å². The molecule has 120 valence electrons. The first-order valence-corrected chi connectivity index (χ1v) is 8.76. The van der Waals surface area contributed by atoms with Crippen LogP contribution in [-0.4, -0.2) is 37.7 Å². The van der Waals surface area contributed by atoms with Crippen molar-refractivity contribution in [3.8, 4) is 0 Å². The molecule has 0 bridgehead atoms. The van der Waals surface area contributed by atoms with Crippen LogP contribution in [0.15, 0.2) is 24.3 Å². The summed E-state index contributed by atoms with van der Waals surface area (Å²) in [4.78, 5) is 23.2. The number of aliphatic carboxylic acids is 1. The lowest BCUT2D eigenvalue weighted by molar-refractivity contribution is -0.141. The largest absolute Gasteiger partial charge is 0.481 e. The molecular formula is C14H18N2O5S. The molecule has 1 aliphatic carbocycles. The highest BCUT2D eigenvalue weighted by Gasteiger charge is 2.31. The highest BCUT2D eigenvalue weighted by molar-refractivity contribution is 7.92. The van der Waals surface area contributed by atoms with Crippen LogP contribution < -0.4 is 10.0 Å². The van der Waals surface area contributed by atoms with Crippen LogP contribution in [0, 0.1) is 5.92 Å². The Balaban J connectivity index is 2.09. The monoisotopic (exact) mass is 326 g/mol. The first-order valence-electron chi connectivity index (χ1n) is 6.87. The van der Waals surface area contributed by atoms with Gasteiger partial charge in [0, 0.05) is 6.04 Å². The second kappa shape index (κ2) is 6.35. The van der Waals surface area contributed by atoms with Gasteiger partial charge in [-0.05, 0) is 31.4 Å². The van der Waals surface area contributed by atoms with Gasteiger partial charge in [0.15, 0.2) is 0 Å². The Morgan fingerprint density at radius 3 is 2.50 bits per heavy atom. The lowest BCUT2D eigenvalue weighted by Gasteiger charge is -2.15. The molecule has 1 aliphatic rings. The van der Waals surface area contributed by atoms with Gasteiger partial charge in [0.25, 0.3) is 5.91 Å². The van der Waals surface area contributed by atoms with Crippen LogP contribution in [0.4, 0.5) is 5.69 Å². The number of sulfonamides is 1. The Labute approximate surface area is 128 Å². The van der Waals surface area contributed by atoms with Gasteiger partial charge in [-0.2, -0.15) is 0 Å². The highest BCUT2D eigenvalue weighted by Crippen LogP contribution is 2.26. The van der Waals surface area contributed by atoms with E-state index < -0.39 is 27.8 Å². The van der Waals surface area contributed by atoms with Gasteiger partial charge < -0.3 is 10.4 Å². The number of amides is 1. The molecule has 3 N–H and O–H groups in total. The van der Waals surface area contributed by atoms with Gasteiger partial charge in [-0.25, -0.2) is 8.42 Å². The fourth-order valence-corrected chi connectivity index (χ4v) is 3.15. The van der Waals surface area contributed by atoms with Crippen LogP contribution in [0.1, 0.15) is 29.6 Å². The zero-order valence-electron chi connectivity index (χ0n) is 12.1. The van der Waals surface area contributed by atoms with Crippen LogP contribution >= 0.6 is 0 Å². The average molecular weight is 326 g/mol. The van der Waals surface area contributed by atoms with Crippen molar-refractivity contribution < 1.29 is 23.1 Å². The van der Waals surface area contributed by atoms with Gasteiger partial charge in [-0.3, -0.25) is 14.3 Å². The van der Waals surface area contributed by atoms with Crippen molar-refractivity contribution in [2.45, 2.75) is 25.3 Å². The van der Waals surface area contributed by atoms with Gasteiger partial charge in [-0.1, -0.05) is 12.1 Å². The molecule has 8 heteroatoms. The van der Waals surface area contributed by atoms with Crippen molar-refractivity contribution >= 4 is 27.6 Å². The molecule has 1 saturated carbocycles. The van der Waals surface area contributed by atoms with Gasteiger partial charge >= 0.3 is 5.97 Å². The van der Waals surface area contributed by atoms with Crippen LogP contribution in [-0.2, 0) is 14.8 Å². The van der Waals surface area contributed by atoms with Crippen LogP contribution in [0.3, 0.4) is 0 Å². The number of carbonyl (C=O) groups excluding carboxylic acids is 1. The number of nitrogens with one attached hydrogen (secondary N) is 2. The van der Waals surface area contributed by atoms with E-state index in [1.165, 1.54) is 12.1 Å². The number of benzene rings is 1. The number of hydrogen-bond acceptors (Lipinski definition) is 4. The standard InChI is InChI=1S/C14H18N2O5S/c1-22(20,21)16-12-5-3-2-4-11(12)13(17)15-10-7-6-9(8-10)14(18)19/h2-5,9-10,16H,6-8H2,1H3,(H,15,17)(H,18,19)/t9-,10+/m1/s1. The summed E-state index contributed by atoms with van der Waals surface area (Å²) >= 11 is 0. The first kappa shape index (κ1) is 16.3. The molecule has 7 nitrogen and oxygen atoms in total. The maximum absolute atomic E-state index is 12.3. The van der Waals surface area contributed by atoms with E-state index in [2.05, 4.69) is 10.0 Å². The molecular weight excluding hydrogens is 308 g/mol. The fourth-order valence-electron chi connectivity index (χ4n) is 2.57.